The van der Waals surface area contributed by atoms with Gasteiger partial charge < -0.3 is 9.47 Å². The second-order valence-corrected chi connectivity index (χ2v) is 6.31. The van der Waals surface area contributed by atoms with Crippen molar-refractivity contribution in [3.05, 3.63) is 82.0 Å². The fourth-order valence-corrected chi connectivity index (χ4v) is 2.78. The average molecular weight is 380 g/mol. The minimum absolute atomic E-state index is 0.339. The van der Waals surface area contributed by atoms with Gasteiger partial charge >= 0.3 is 5.97 Å². The maximum atomic E-state index is 12.0. The molecule has 1 N–H and O–H groups in total. The Morgan fingerprint density at radius 2 is 1.85 bits per heavy atom. The van der Waals surface area contributed by atoms with Crippen LogP contribution in [0.5, 0.6) is 11.5 Å². The highest BCUT2D eigenvalue weighted by molar-refractivity contribution is 7.12. The number of nitrogens with one attached hydrogen (secondary N) is 1. The van der Waals surface area contributed by atoms with Crippen molar-refractivity contribution in [2.24, 2.45) is 5.10 Å². The Bertz CT molecular complexity index is 950. The second kappa shape index (κ2) is 8.77. The number of benzene rings is 2. The Balaban J connectivity index is 1.60. The fraction of sp³-hybridized carbons (Fsp3) is 0.0500. The van der Waals surface area contributed by atoms with Crippen LogP contribution in [0.1, 0.15) is 25.6 Å². The van der Waals surface area contributed by atoms with Crippen LogP contribution in [0.3, 0.4) is 0 Å². The first-order valence-corrected chi connectivity index (χ1v) is 8.87. The molecule has 6 nitrogen and oxygen atoms in total. The van der Waals surface area contributed by atoms with Crippen LogP contribution in [-0.4, -0.2) is 25.2 Å². The van der Waals surface area contributed by atoms with Gasteiger partial charge in [0.1, 0.15) is 16.4 Å². The van der Waals surface area contributed by atoms with Crippen molar-refractivity contribution in [1.29, 1.82) is 0 Å². The monoisotopic (exact) mass is 380 g/mol. The van der Waals surface area contributed by atoms with Crippen LogP contribution in [-0.2, 0) is 0 Å². The van der Waals surface area contributed by atoms with Crippen molar-refractivity contribution in [2.75, 3.05) is 7.11 Å². The summed E-state index contributed by atoms with van der Waals surface area (Å²) in [6, 6.07) is 17.0. The minimum atomic E-state index is -0.410. The molecule has 3 rings (SSSR count). The Kier molecular flexibility index (Phi) is 5.96. The zero-order chi connectivity index (χ0) is 19.1. The third kappa shape index (κ3) is 5.02. The van der Waals surface area contributed by atoms with Gasteiger partial charge in [-0.15, -0.1) is 11.3 Å². The molecule has 0 aliphatic rings. The van der Waals surface area contributed by atoms with Crippen molar-refractivity contribution < 1.29 is 19.1 Å². The van der Waals surface area contributed by atoms with E-state index in [1.54, 1.807) is 67.8 Å². The SMILES string of the molecule is COc1ccc(C(=O)NN=Cc2cccc(OC(=O)c3cccs3)c2)cc1. The van der Waals surface area contributed by atoms with E-state index >= 15 is 0 Å². The van der Waals surface area contributed by atoms with Gasteiger partial charge in [-0.3, -0.25) is 4.79 Å². The molecule has 0 atom stereocenters. The number of amides is 1. The van der Waals surface area contributed by atoms with E-state index in [0.29, 0.717) is 27.5 Å². The molecular weight excluding hydrogens is 364 g/mol. The maximum absolute atomic E-state index is 12.0. The zero-order valence-corrected chi connectivity index (χ0v) is 15.2. The summed E-state index contributed by atoms with van der Waals surface area (Å²) in [6.07, 6.45) is 1.48. The van der Waals surface area contributed by atoms with E-state index < -0.39 is 5.97 Å². The molecule has 3 aromatic rings. The standard InChI is InChI=1S/C20H16N2O4S/c1-25-16-9-7-15(8-10-16)19(23)22-21-13-14-4-2-5-17(12-14)26-20(24)18-6-3-11-27-18/h2-13H,1H3,(H,22,23). The first-order chi connectivity index (χ1) is 13.2. The largest absolute Gasteiger partial charge is 0.497 e. The molecule has 136 valence electrons. The third-order valence-corrected chi connectivity index (χ3v) is 4.37. The van der Waals surface area contributed by atoms with Crippen molar-refractivity contribution in [3.63, 3.8) is 0 Å². The molecule has 0 saturated heterocycles. The highest BCUT2D eigenvalue weighted by atomic mass is 32.1. The summed E-state index contributed by atoms with van der Waals surface area (Å²) in [5.74, 6) is 0.323. The quantitative estimate of drug-likeness (QED) is 0.306. The smallest absolute Gasteiger partial charge is 0.353 e. The fourth-order valence-electron chi connectivity index (χ4n) is 2.18. The van der Waals surface area contributed by atoms with Crippen LogP contribution < -0.4 is 14.9 Å². The van der Waals surface area contributed by atoms with Gasteiger partial charge in [-0.1, -0.05) is 18.2 Å². The van der Waals surface area contributed by atoms with Gasteiger partial charge in [-0.25, -0.2) is 10.2 Å². The number of carbonyl (C=O) groups excluding carboxylic acids is 2. The molecule has 1 amide bonds. The van der Waals surface area contributed by atoms with E-state index in [1.807, 2.05) is 5.38 Å². The number of hydrogen-bond acceptors (Lipinski definition) is 6. The van der Waals surface area contributed by atoms with Gasteiger partial charge in [0.05, 0.1) is 13.3 Å². The number of carbonyl (C=O) groups is 2. The van der Waals surface area contributed by atoms with Crippen LogP contribution in [0.15, 0.2) is 71.1 Å². The maximum Gasteiger partial charge on any atom is 0.353 e. The average Bonchev–Trinajstić information content (AvgIpc) is 3.23. The summed E-state index contributed by atoms with van der Waals surface area (Å²) in [4.78, 5) is 24.6. The Labute approximate surface area is 160 Å². The lowest BCUT2D eigenvalue weighted by atomic mass is 10.2. The van der Waals surface area contributed by atoms with Crippen molar-refractivity contribution in [1.82, 2.24) is 5.43 Å². The normalized spacial score (nSPS) is 10.6. The van der Waals surface area contributed by atoms with Gasteiger partial charge in [0.15, 0.2) is 0 Å². The highest BCUT2D eigenvalue weighted by Crippen LogP contribution is 2.16. The van der Waals surface area contributed by atoms with E-state index in [0.717, 1.165) is 0 Å². The number of methoxy groups -OCH3 is 1. The first kappa shape index (κ1) is 18.3. The lowest BCUT2D eigenvalue weighted by Crippen LogP contribution is -2.17. The predicted octanol–water partition coefficient (Wildman–Crippen LogP) is 3.74. The van der Waals surface area contributed by atoms with Gasteiger partial charge in [-0.05, 0) is 53.4 Å². The molecule has 0 radical (unpaired) electrons. The summed E-state index contributed by atoms with van der Waals surface area (Å²) in [6.45, 7) is 0. The molecule has 7 heteroatoms. The van der Waals surface area contributed by atoms with Crippen LogP contribution in [0.4, 0.5) is 0 Å². The number of hydrogen-bond donors (Lipinski definition) is 1. The van der Waals surface area contributed by atoms with Gasteiger partial charge in [0, 0.05) is 5.56 Å². The summed E-state index contributed by atoms with van der Waals surface area (Å²) in [7, 11) is 1.56. The number of ether oxygens (including phenoxy) is 2. The second-order valence-electron chi connectivity index (χ2n) is 5.37. The molecule has 0 spiro atoms. The lowest BCUT2D eigenvalue weighted by Gasteiger charge is -2.04. The van der Waals surface area contributed by atoms with Crippen molar-refractivity contribution >= 4 is 29.4 Å². The molecule has 0 fully saturated rings. The lowest BCUT2D eigenvalue weighted by molar-refractivity contribution is 0.0739. The third-order valence-electron chi connectivity index (χ3n) is 3.52. The summed E-state index contributed by atoms with van der Waals surface area (Å²) in [5.41, 5.74) is 3.60. The Hall–Kier alpha value is -3.45. The molecule has 1 heterocycles. The zero-order valence-electron chi connectivity index (χ0n) is 14.4. The van der Waals surface area contributed by atoms with E-state index in [2.05, 4.69) is 10.5 Å². The van der Waals surface area contributed by atoms with Crippen molar-refractivity contribution in [3.8, 4) is 11.5 Å². The summed E-state index contributed by atoms with van der Waals surface area (Å²) in [5, 5.41) is 5.75. The number of esters is 1. The minimum Gasteiger partial charge on any atom is -0.497 e. The first-order valence-electron chi connectivity index (χ1n) is 7.99. The van der Waals surface area contributed by atoms with Gasteiger partial charge in [0.25, 0.3) is 5.91 Å². The number of thiophene rings is 1. The van der Waals surface area contributed by atoms with Crippen LogP contribution in [0.25, 0.3) is 0 Å². The van der Waals surface area contributed by atoms with Gasteiger partial charge in [0.2, 0.25) is 0 Å². The molecule has 0 aliphatic heterocycles. The molecule has 2 aromatic carbocycles. The molecule has 0 aliphatic carbocycles. The van der Waals surface area contributed by atoms with Crippen molar-refractivity contribution in [2.45, 2.75) is 0 Å². The number of nitrogens with zero attached hydrogens (tertiary/aromatic N) is 1. The van der Waals surface area contributed by atoms with E-state index in [-0.39, 0.29) is 5.91 Å². The van der Waals surface area contributed by atoms with Crippen LogP contribution >= 0.6 is 11.3 Å². The summed E-state index contributed by atoms with van der Waals surface area (Å²) < 4.78 is 10.4. The van der Waals surface area contributed by atoms with E-state index in [9.17, 15) is 9.59 Å². The Morgan fingerprint density at radius 1 is 1.04 bits per heavy atom. The summed E-state index contributed by atoms with van der Waals surface area (Å²) >= 11 is 1.32. The van der Waals surface area contributed by atoms with E-state index in [4.69, 9.17) is 9.47 Å². The predicted molar refractivity (Wildman–Crippen MR) is 104 cm³/mol. The molecule has 27 heavy (non-hydrogen) atoms. The number of hydrazone groups is 1. The van der Waals surface area contributed by atoms with Crippen LogP contribution in [0, 0.1) is 0 Å². The van der Waals surface area contributed by atoms with Crippen LogP contribution in [0.2, 0.25) is 0 Å². The topological polar surface area (TPSA) is 77.0 Å². The Morgan fingerprint density at radius 3 is 2.56 bits per heavy atom. The molecule has 0 saturated carbocycles. The molecule has 1 aromatic heterocycles. The van der Waals surface area contributed by atoms with E-state index in [1.165, 1.54) is 17.6 Å². The molecule has 0 bridgehead atoms. The van der Waals surface area contributed by atoms with Gasteiger partial charge in [-0.2, -0.15) is 5.10 Å². The highest BCUT2D eigenvalue weighted by Gasteiger charge is 2.09. The number of rotatable bonds is 6. The molecular formula is C20H16N2O4S. The molecule has 0 unspecified atom stereocenters.